The number of nitrogens with two attached hydrogens (primary N) is 1. The molecule has 2 amide bonds. The summed E-state index contributed by atoms with van der Waals surface area (Å²) in [6.07, 6.45) is -4.25. The fraction of sp³-hybridized carbons (Fsp3) is 0.222. The number of benzene rings is 4. The van der Waals surface area contributed by atoms with Gasteiger partial charge in [-0.15, -0.1) is 0 Å². The second-order valence-electron chi connectivity index (χ2n) is 11.5. The number of carbonyl (C=O) groups excluding carboxylic acids is 2. The number of carbonyl (C=O) groups is 3. The quantitative estimate of drug-likeness (QED) is 0.124. The molecule has 0 saturated carbocycles. The van der Waals surface area contributed by atoms with E-state index in [0.29, 0.717) is 25.1 Å². The van der Waals surface area contributed by atoms with Crippen LogP contribution in [0.3, 0.4) is 0 Å². The molecule has 268 valence electrons. The van der Waals surface area contributed by atoms with Gasteiger partial charge >= 0.3 is 12.1 Å². The molecule has 4 aromatic rings. The summed E-state index contributed by atoms with van der Waals surface area (Å²) in [5, 5.41) is 17.7. The van der Waals surface area contributed by atoms with E-state index in [9.17, 15) is 31.2 Å². The number of alkyl halides is 3. The number of carboxylic acids is 1. The van der Waals surface area contributed by atoms with Crippen LogP contribution in [0.4, 0.5) is 13.2 Å². The van der Waals surface area contributed by atoms with E-state index in [1.54, 1.807) is 35.2 Å². The lowest BCUT2D eigenvalue weighted by Crippen LogP contribution is -2.49. The lowest BCUT2D eigenvalue weighted by Gasteiger charge is -2.27. The van der Waals surface area contributed by atoms with Crippen LogP contribution in [0.15, 0.2) is 114 Å². The maximum absolute atomic E-state index is 14.1. The summed E-state index contributed by atoms with van der Waals surface area (Å²) in [5.74, 6) is -3.69. The Bertz CT molecular complexity index is 1940. The van der Waals surface area contributed by atoms with Crippen LogP contribution in [0.5, 0.6) is 0 Å². The number of sulfonamides is 1. The molecule has 1 saturated heterocycles. The summed E-state index contributed by atoms with van der Waals surface area (Å²) in [4.78, 5) is 37.3. The minimum absolute atomic E-state index is 0.00896. The topological polar surface area (TPSA) is 174 Å². The number of nitrogen functional groups attached to an aromatic ring is 1. The molecule has 11 nitrogen and oxygen atoms in total. The summed E-state index contributed by atoms with van der Waals surface area (Å²) in [6.45, 7) is 0.406. The van der Waals surface area contributed by atoms with Crippen molar-refractivity contribution in [3.8, 4) is 11.1 Å². The molecule has 1 atom stereocenters. The van der Waals surface area contributed by atoms with Crippen LogP contribution >= 0.6 is 0 Å². The number of likely N-dealkylation sites (tertiary alicyclic amines) is 1. The van der Waals surface area contributed by atoms with Crippen molar-refractivity contribution in [3.05, 3.63) is 126 Å². The number of amides is 2. The van der Waals surface area contributed by atoms with Crippen molar-refractivity contribution in [1.29, 1.82) is 5.41 Å². The Balaban J connectivity index is 0.000000755. The molecule has 51 heavy (non-hydrogen) atoms. The first-order valence-electron chi connectivity index (χ1n) is 15.7. The first-order valence-corrected chi connectivity index (χ1v) is 17.1. The van der Waals surface area contributed by atoms with Gasteiger partial charge in [0.25, 0.3) is 0 Å². The largest absolute Gasteiger partial charge is 0.490 e. The summed E-state index contributed by atoms with van der Waals surface area (Å²) in [7, 11) is -4.22. The molecule has 0 aromatic heterocycles. The molecule has 1 aliphatic heterocycles. The summed E-state index contributed by atoms with van der Waals surface area (Å²) in [5.41, 5.74) is 9.79. The number of hydrogen-bond donors (Lipinski definition) is 4. The van der Waals surface area contributed by atoms with E-state index in [4.69, 9.17) is 21.0 Å². The zero-order valence-corrected chi connectivity index (χ0v) is 28.0. The Hall–Kier alpha value is -5.54. The van der Waals surface area contributed by atoms with Crippen LogP contribution in [0.25, 0.3) is 11.1 Å². The number of aliphatic carboxylic acids is 1. The van der Waals surface area contributed by atoms with Crippen LogP contribution in [-0.2, 0) is 37.4 Å². The second kappa shape index (κ2) is 16.9. The summed E-state index contributed by atoms with van der Waals surface area (Å²) >= 11 is 0. The Kier molecular flexibility index (Phi) is 12.7. The van der Waals surface area contributed by atoms with Crippen molar-refractivity contribution in [3.63, 3.8) is 0 Å². The normalized spacial score (nSPS) is 14.5. The predicted octanol–water partition coefficient (Wildman–Crippen LogP) is 4.42. The third-order valence-electron chi connectivity index (χ3n) is 7.92. The SMILES string of the molecule is N=C(N)c1cccc(CN2CC[C@H](N(CC(=O)NCCc3ccccc3)S(=O)(=O)c3ccc(-c4ccccc4)cc3)C2=O)c1.O=C(O)C(F)(F)F. The molecule has 15 heteroatoms. The van der Waals surface area contributed by atoms with Crippen LogP contribution < -0.4 is 11.1 Å². The third kappa shape index (κ3) is 10.5. The van der Waals surface area contributed by atoms with Crippen molar-refractivity contribution in [1.82, 2.24) is 14.5 Å². The van der Waals surface area contributed by atoms with Gasteiger partial charge in [0, 0.05) is 25.2 Å². The van der Waals surface area contributed by atoms with Crippen molar-refractivity contribution in [2.24, 2.45) is 5.73 Å². The van der Waals surface area contributed by atoms with Gasteiger partial charge in [0.2, 0.25) is 21.8 Å². The zero-order chi connectivity index (χ0) is 37.2. The first-order chi connectivity index (χ1) is 24.2. The van der Waals surface area contributed by atoms with Crippen LogP contribution in [0, 0.1) is 5.41 Å². The third-order valence-corrected chi connectivity index (χ3v) is 9.79. The van der Waals surface area contributed by atoms with Gasteiger partial charge in [-0.05, 0) is 53.3 Å². The van der Waals surface area contributed by atoms with Gasteiger partial charge in [-0.2, -0.15) is 17.5 Å². The molecule has 1 fully saturated rings. The van der Waals surface area contributed by atoms with Gasteiger partial charge in [0.05, 0.1) is 11.4 Å². The van der Waals surface area contributed by atoms with E-state index in [1.807, 2.05) is 66.7 Å². The Morgan fingerprint density at radius 2 is 1.47 bits per heavy atom. The monoisotopic (exact) mass is 723 g/mol. The molecule has 0 bridgehead atoms. The molecule has 5 N–H and O–H groups in total. The number of amidine groups is 1. The maximum Gasteiger partial charge on any atom is 0.490 e. The lowest BCUT2D eigenvalue weighted by molar-refractivity contribution is -0.192. The number of carboxylic acid groups (broad SMARTS) is 1. The van der Waals surface area contributed by atoms with Crippen LogP contribution in [0.1, 0.15) is 23.1 Å². The summed E-state index contributed by atoms with van der Waals surface area (Å²) < 4.78 is 60.9. The van der Waals surface area contributed by atoms with E-state index in [1.165, 1.54) is 12.1 Å². The summed E-state index contributed by atoms with van der Waals surface area (Å²) in [6, 6.07) is 31.8. The fourth-order valence-electron chi connectivity index (χ4n) is 5.34. The number of halogens is 3. The molecule has 0 radical (unpaired) electrons. The standard InChI is InChI=1S/C34H35N5O4S.C2HF3O2/c35-33(36)29-13-7-10-26(22-29)23-38-21-19-31(34(38)41)39(24-32(40)37-20-18-25-8-3-1-4-9-25)44(42,43)30-16-14-28(15-17-30)27-11-5-2-6-12-27;3-2(4,5)1(6)7/h1-17,22,31H,18-21,23-24H2,(H3,35,36)(H,37,40);(H,6,7)/t31-;/m0./s1. The van der Waals surface area contributed by atoms with E-state index in [-0.39, 0.29) is 29.6 Å². The number of rotatable bonds is 12. The molecular weight excluding hydrogens is 687 g/mol. The van der Waals surface area contributed by atoms with Gasteiger partial charge in [0.15, 0.2) is 0 Å². The minimum Gasteiger partial charge on any atom is -0.475 e. The van der Waals surface area contributed by atoms with Gasteiger partial charge < -0.3 is 21.1 Å². The van der Waals surface area contributed by atoms with Crippen molar-refractivity contribution < 1.29 is 41.1 Å². The minimum atomic E-state index is -5.08. The highest BCUT2D eigenvalue weighted by molar-refractivity contribution is 7.89. The Labute approximate surface area is 293 Å². The lowest BCUT2D eigenvalue weighted by atomic mass is 10.1. The highest BCUT2D eigenvalue weighted by atomic mass is 32.2. The van der Waals surface area contributed by atoms with Gasteiger partial charge in [0.1, 0.15) is 11.9 Å². The average Bonchev–Trinajstić information content (AvgIpc) is 3.46. The zero-order valence-electron chi connectivity index (χ0n) is 27.2. The first kappa shape index (κ1) is 38.3. The van der Waals surface area contributed by atoms with E-state index >= 15 is 0 Å². The van der Waals surface area contributed by atoms with Crippen molar-refractivity contribution >= 4 is 33.6 Å². The molecule has 4 aromatic carbocycles. The molecule has 1 aliphatic rings. The molecule has 0 spiro atoms. The molecular formula is C36H36F3N5O6S. The second-order valence-corrected chi connectivity index (χ2v) is 13.4. The molecule has 1 heterocycles. The molecule has 0 aliphatic carbocycles. The number of nitrogens with one attached hydrogen (secondary N) is 2. The molecule has 5 rings (SSSR count). The maximum atomic E-state index is 14.1. The Morgan fingerprint density at radius 1 is 0.902 bits per heavy atom. The smallest absolute Gasteiger partial charge is 0.475 e. The molecule has 0 unspecified atom stereocenters. The highest BCUT2D eigenvalue weighted by Crippen LogP contribution is 2.28. The van der Waals surface area contributed by atoms with Gasteiger partial charge in [-0.25, -0.2) is 13.2 Å². The predicted molar refractivity (Wildman–Crippen MR) is 184 cm³/mol. The number of nitrogens with zero attached hydrogens (tertiary/aromatic N) is 2. The van der Waals surface area contributed by atoms with E-state index < -0.39 is 40.7 Å². The van der Waals surface area contributed by atoms with Crippen molar-refractivity contribution in [2.75, 3.05) is 19.6 Å². The Morgan fingerprint density at radius 3 is 2.06 bits per heavy atom. The van der Waals surface area contributed by atoms with Crippen molar-refractivity contribution in [2.45, 2.75) is 36.5 Å². The fourth-order valence-corrected chi connectivity index (χ4v) is 6.91. The average molecular weight is 724 g/mol. The van der Waals surface area contributed by atoms with Gasteiger partial charge in [-0.3, -0.25) is 15.0 Å². The highest BCUT2D eigenvalue weighted by Gasteiger charge is 2.43. The van der Waals surface area contributed by atoms with Gasteiger partial charge in [-0.1, -0.05) is 91.0 Å². The van der Waals surface area contributed by atoms with Crippen LogP contribution in [-0.4, -0.2) is 78.2 Å². The number of hydrogen-bond acceptors (Lipinski definition) is 6. The van der Waals surface area contributed by atoms with E-state index in [0.717, 1.165) is 26.6 Å². The van der Waals surface area contributed by atoms with E-state index in [2.05, 4.69) is 5.32 Å². The van der Waals surface area contributed by atoms with Crippen LogP contribution in [0.2, 0.25) is 0 Å².